The fourth-order valence-electron chi connectivity index (χ4n) is 3.77. The molecule has 10 heteroatoms. The number of H-pyrrole nitrogens is 1. The second-order valence-corrected chi connectivity index (χ2v) is 10.4. The fraction of sp³-hybridized carbons (Fsp3) is 0.533. The van der Waals surface area contributed by atoms with Crippen LogP contribution in [0.15, 0.2) is 42.5 Å². The number of aromatic nitrogens is 2. The molecule has 0 spiro atoms. The number of aromatic amines is 1. The van der Waals surface area contributed by atoms with Gasteiger partial charge in [0, 0.05) is 41.0 Å². The maximum atomic E-state index is 11.8. The Balaban J connectivity index is -0.000000260. The number of rotatable bonds is 7. The minimum absolute atomic E-state index is 0. The normalized spacial score (nSPS) is 16.9. The zero-order chi connectivity index (χ0) is 28.2. The minimum Gasteiger partial charge on any atom is -0.367 e. The molecule has 10 nitrogen and oxygen atoms in total. The Labute approximate surface area is 244 Å². The van der Waals surface area contributed by atoms with Gasteiger partial charge >= 0.3 is 0 Å². The summed E-state index contributed by atoms with van der Waals surface area (Å²) in [7, 11) is 3.88. The number of likely N-dealkylation sites (N-methyl/N-ethyl adjacent to an activating group) is 1. The number of ketones is 2. The van der Waals surface area contributed by atoms with Gasteiger partial charge in [-0.25, -0.2) is 0 Å². The van der Waals surface area contributed by atoms with Crippen molar-refractivity contribution in [3.05, 3.63) is 65.0 Å². The van der Waals surface area contributed by atoms with Crippen molar-refractivity contribution in [2.24, 2.45) is 0 Å². The predicted molar refractivity (Wildman–Crippen MR) is 167 cm³/mol. The Kier molecular flexibility index (Phi) is 16.8. The van der Waals surface area contributed by atoms with E-state index in [4.69, 9.17) is 4.74 Å². The lowest BCUT2D eigenvalue weighted by molar-refractivity contribution is -0.141. The molecule has 1 aliphatic heterocycles. The Morgan fingerprint density at radius 2 is 1.85 bits per heavy atom. The molecule has 7 N–H and O–H groups in total. The first kappa shape index (κ1) is 36.8. The molecular formula is C30H56N6O4. The Morgan fingerprint density at radius 3 is 2.35 bits per heavy atom. The number of nitrogens with one attached hydrogen (secondary N) is 1. The number of nitrogens with zero attached hydrogens (tertiary/aromatic N) is 3. The number of amides is 1. The van der Waals surface area contributed by atoms with Gasteiger partial charge in [-0.15, -0.1) is 0 Å². The lowest BCUT2D eigenvalue weighted by atomic mass is 9.96. The van der Waals surface area contributed by atoms with Gasteiger partial charge in [0.1, 0.15) is 11.9 Å². The van der Waals surface area contributed by atoms with E-state index in [1.807, 2.05) is 64.0 Å². The first-order chi connectivity index (χ1) is 18.0. The molecule has 1 aromatic carbocycles. The lowest BCUT2D eigenvalue weighted by Gasteiger charge is -2.30. The number of carbonyl (C=O) groups excluding carboxylic acids is 3. The summed E-state index contributed by atoms with van der Waals surface area (Å²) in [5.41, 5.74) is 4.76. The zero-order valence-electron chi connectivity index (χ0n) is 25.4. The maximum Gasteiger partial charge on any atom is 0.246 e. The van der Waals surface area contributed by atoms with Crippen LogP contribution in [0.25, 0.3) is 0 Å². The van der Waals surface area contributed by atoms with E-state index in [9.17, 15) is 14.4 Å². The van der Waals surface area contributed by atoms with E-state index >= 15 is 0 Å². The quantitative estimate of drug-likeness (QED) is 0.383. The number of hydrogen-bond acceptors (Lipinski definition) is 8. The lowest BCUT2D eigenvalue weighted by Crippen LogP contribution is -2.47. The number of morpholine rings is 1. The highest BCUT2D eigenvalue weighted by Gasteiger charge is 2.26. The molecule has 2 unspecified atom stereocenters. The number of aryl methyl sites for hydroxylation is 2. The molecule has 1 saturated heterocycles. The maximum absolute atomic E-state index is 11.8. The molecule has 2 aromatic rings. The van der Waals surface area contributed by atoms with E-state index in [-0.39, 0.29) is 40.0 Å². The van der Waals surface area contributed by atoms with E-state index < -0.39 is 6.10 Å². The number of benzene rings is 1. The average molecular weight is 565 g/mol. The summed E-state index contributed by atoms with van der Waals surface area (Å²) in [5.74, 6) is 0.960. The van der Waals surface area contributed by atoms with Gasteiger partial charge in [0.2, 0.25) is 5.91 Å². The van der Waals surface area contributed by atoms with E-state index in [1.54, 1.807) is 17.9 Å². The third-order valence-corrected chi connectivity index (χ3v) is 6.44. The first-order valence-corrected chi connectivity index (χ1v) is 13.3. The van der Waals surface area contributed by atoms with Crippen LogP contribution in [0.1, 0.15) is 72.2 Å². The van der Waals surface area contributed by atoms with Crippen LogP contribution in [-0.4, -0.2) is 83.9 Å². The highest BCUT2D eigenvalue weighted by atomic mass is 16.5. The molecule has 0 radical (unpaired) electrons. The molecule has 2 fully saturated rings. The Hall–Kier alpha value is -3.18. The third-order valence-electron chi connectivity index (χ3n) is 6.44. The van der Waals surface area contributed by atoms with Crippen molar-refractivity contribution in [1.29, 1.82) is 0 Å². The van der Waals surface area contributed by atoms with Crippen molar-refractivity contribution >= 4 is 17.5 Å². The van der Waals surface area contributed by atoms with Crippen LogP contribution in [0.4, 0.5) is 0 Å². The van der Waals surface area contributed by atoms with Gasteiger partial charge in [0.15, 0.2) is 5.78 Å². The topological polar surface area (TPSA) is 166 Å². The van der Waals surface area contributed by atoms with E-state index in [0.717, 1.165) is 18.0 Å². The summed E-state index contributed by atoms with van der Waals surface area (Å²) >= 11 is 0. The molecule has 0 bridgehead atoms. The number of Topliss-reactive ketones (excluding diaryl/α,β-unsaturated/α-hetero) is 2. The minimum atomic E-state index is -0.463. The van der Waals surface area contributed by atoms with Crippen LogP contribution in [0.2, 0.25) is 0 Å². The van der Waals surface area contributed by atoms with Crippen molar-refractivity contribution in [2.45, 2.75) is 65.4 Å². The molecule has 4 rings (SSSR count). The second-order valence-electron chi connectivity index (χ2n) is 10.4. The summed E-state index contributed by atoms with van der Waals surface area (Å²) in [5, 5.41) is 7.09. The molecule has 1 amide bonds. The number of hydrogen-bond donors (Lipinski definition) is 3. The molecular weight excluding hydrogens is 508 g/mol. The van der Waals surface area contributed by atoms with Gasteiger partial charge < -0.3 is 26.8 Å². The fourth-order valence-corrected chi connectivity index (χ4v) is 3.77. The van der Waals surface area contributed by atoms with Crippen LogP contribution in [0.3, 0.4) is 0 Å². The summed E-state index contributed by atoms with van der Waals surface area (Å²) in [6.07, 6.45) is 5.59. The smallest absolute Gasteiger partial charge is 0.246 e. The largest absolute Gasteiger partial charge is 0.367 e. The van der Waals surface area contributed by atoms with Crippen molar-refractivity contribution in [3.8, 4) is 0 Å². The molecule has 1 saturated carbocycles. The van der Waals surface area contributed by atoms with Crippen LogP contribution in [0, 0.1) is 13.8 Å². The van der Waals surface area contributed by atoms with Crippen LogP contribution in [-0.2, 0) is 19.1 Å². The van der Waals surface area contributed by atoms with Gasteiger partial charge in [-0.1, -0.05) is 42.8 Å². The van der Waals surface area contributed by atoms with Crippen LogP contribution in [0.5, 0.6) is 0 Å². The van der Waals surface area contributed by atoms with Gasteiger partial charge in [0.25, 0.3) is 0 Å². The Bertz CT molecular complexity index is 1110. The second kappa shape index (κ2) is 18.2. The summed E-state index contributed by atoms with van der Waals surface area (Å²) in [6, 6.07) is 10.2. The van der Waals surface area contributed by atoms with Gasteiger partial charge in [-0.2, -0.15) is 5.10 Å². The van der Waals surface area contributed by atoms with Crippen molar-refractivity contribution in [2.75, 3.05) is 40.3 Å². The van der Waals surface area contributed by atoms with Crippen molar-refractivity contribution in [1.82, 2.24) is 32.3 Å². The first-order valence-electron chi connectivity index (χ1n) is 13.3. The molecule has 40 heavy (non-hydrogen) atoms. The van der Waals surface area contributed by atoms with Crippen molar-refractivity contribution < 1.29 is 23.4 Å². The van der Waals surface area contributed by atoms with Crippen molar-refractivity contribution in [3.63, 3.8) is 0 Å². The molecule has 2 aliphatic rings. The SMILES string of the molecule is CC(=O)C(C)c1cccc(C)c1.CC(=O)C1CN(C(=O)/C=C/CN(C)C)CCO1.Cc1cc(C2CC2)n[nH]1.N.N.[HH].[HH].[HH]. The van der Waals surface area contributed by atoms with E-state index in [1.165, 1.54) is 36.7 Å². The van der Waals surface area contributed by atoms with Crippen LogP contribution >= 0.6 is 0 Å². The standard InChI is InChI=1S/C12H20N2O3.C11H14O.C7H10N2.2H3N.3H2/c1-10(15)11-9-14(7-8-17-11)12(16)5-4-6-13(2)3;1-8-5-4-6-11(7-8)9(2)10(3)12;1-5-4-7(9-8-5)6-2-3-6;;;;;/h4-5,11H,6-9H2,1-3H3;4-7,9H,1-3H3;4,6H,2-3H2,1H3,(H,8,9);2*1H3;3*1H/b5-4+;;;;;;;. The van der Waals surface area contributed by atoms with E-state index in [2.05, 4.69) is 22.3 Å². The Morgan fingerprint density at radius 1 is 1.18 bits per heavy atom. The molecule has 1 aromatic heterocycles. The van der Waals surface area contributed by atoms with E-state index in [0.29, 0.717) is 19.7 Å². The van der Waals surface area contributed by atoms with Crippen LogP contribution < -0.4 is 12.3 Å². The van der Waals surface area contributed by atoms with Gasteiger partial charge in [-0.05, 0) is 66.3 Å². The summed E-state index contributed by atoms with van der Waals surface area (Å²) < 4.78 is 5.29. The molecule has 1 aliphatic carbocycles. The number of ether oxygens (including phenoxy) is 1. The molecule has 2 atom stereocenters. The third kappa shape index (κ3) is 13.3. The molecule has 2 heterocycles. The molecule has 230 valence electrons. The summed E-state index contributed by atoms with van der Waals surface area (Å²) in [4.78, 5) is 37.7. The monoisotopic (exact) mass is 564 g/mol. The highest BCUT2D eigenvalue weighted by Crippen LogP contribution is 2.38. The predicted octanol–water partition coefficient (Wildman–Crippen LogP) is 5.27. The van der Waals surface area contributed by atoms with Gasteiger partial charge in [0.05, 0.1) is 18.8 Å². The summed E-state index contributed by atoms with van der Waals surface area (Å²) in [6.45, 7) is 11.2. The highest BCUT2D eigenvalue weighted by molar-refractivity contribution is 5.89. The zero-order valence-corrected chi connectivity index (χ0v) is 25.4. The number of carbonyl (C=O) groups is 3. The average Bonchev–Trinajstić information content (AvgIpc) is 3.64. The van der Waals surface area contributed by atoms with Gasteiger partial charge in [-0.3, -0.25) is 19.5 Å².